The van der Waals surface area contributed by atoms with Gasteiger partial charge in [-0.05, 0) is 0 Å². The monoisotopic (exact) mass is 249 g/mol. The largest absolute Gasteiger partial charge is 0.468 e. The van der Waals surface area contributed by atoms with Gasteiger partial charge in [0.2, 0.25) is 5.91 Å². The second kappa shape index (κ2) is 7.94. The Morgan fingerprint density at radius 2 is 2.06 bits per heavy atom. The van der Waals surface area contributed by atoms with Crippen molar-refractivity contribution in [1.82, 2.24) is 5.32 Å². The molecule has 0 heterocycles. The molecule has 0 fully saturated rings. The number of nitrogens with two attached hydrogens (primary N) is 2. The predicted octanol–water partition coefficient (Wildman–Crippen LogP) is -1.20. The summed E-state index contributed by atoms with van der Waals surface area (Å²) in [4.78, 5) is 32.1. The minimum absolute atomic E-state index is 0.140. The number of hydrogen-bond acceptors (Lipinski definition) is 6. The number of primary amides is 1. The molecule has 8 heteroatoms. The van der Waals surface area contributed by atoms with Gasteiger partial charge in [-0.25, -0.2) is 4.79 Å². The van der Waals surface area contributed by atoms with Crippen LogP contribution < -0.4 is 16.8 Å². The van der Waals surface area contributed by atoms with Crippen molar-refractivity contribution in [2.24, 2.45) is 11.5 Å². The summed E-state index contributed by atoms with van der Waals surface area (Å²) in [6.07, 6.45) is 0.140. The van der Waals surface area contributed by atoms with Gasteiger partial charge in [0.05, 0.1) is 7.11 Å². The molecule has 3 amide bonds. The maximum atomic E-state index is 10.9. The maximum Gasteiger partial charge on any atom is 0.323 e. The van der Waals surface area contributed by atoms with Crippen molar-refractivity contribution in [1.29, 1.82) is 0 Å². The summed E-state index contributed by atoms with van der Waals surface area (Å²) in [5, 5.41) is 1.93. The van der Waals surface area contributed by atoms with E-state index in [4.69, 9.17) is 11.5 Å². The van der Waals surface area contributed by atoms with Crippen molar-refractivity contribution in [3.8, 4) is 0 Å². The van der Waals surface area contributed by atoms with Crippen molar-refractivity contribution in [3.05, 3.63) is 0 Å². The van der Waals surface area contributed by atoms with Gasteiger partial charge in [0.25, 0.3) is 0 Å². The van der Waals surface area contributed by atoms with Crippen LogP contribution in [0.2, 0.25) is 0 Å². The van der Waals surface area contributed by atoms with Crippen LogP contribution in [0.15, 0.2) is 0 Å². The van der Waals surface area contributed by atoms with E-state index in [2.05, 4.69) is 4.74 Å². The van der Waals surface area contributed by atoms with Gasteiger partial charge < -0.3 is 16.2 Å². The van der Waals surface area contributed by atoms with E-state index in [1.807, 2.05) is 5.32 Å². The summed E-state index contributed by atoms with van der Waals surface area (Å²) in [6.45, 7) is 0. The van der Waals surface area contributed by atoms with Gasteiger partial charge in [0.15, 0.2) is 0 Å². The molecule has 1 atom stereocenters. The van der Waals surface area contributed by atoms with Crippen LogP contribution in [0.25, 0.3) is 0 Å². The Morgan fingerprint density at radius 1 is 1.44 bits per heavy atom. The molecule has 16 heavy (non-hydrogen) atoms. The van der Waals surface area contributed by atoms with Crippen LogP contribution in [0.5, 0.6) is 0 Å². The first-order valence-corrected chi connectivity index (χ1v) is 5.63. The third kappa shape index (κ3) is 7.07. The molecule has 0 aliphatic heterocycles. The molecule has 0 aromatic rings. The van der Waals surface area contributed by atoms with Gasteiger partial charge in [-0.1, -0.05) is 0 Å². The molecule has 5 N–H and O–H groups in total. The lowest BCUT2D eigenvalue weighted by molar-refractivity contribution is -0.141. The Labute approximate surface area is 97.2 Å². The minimum Gasteiger partial charge on any atom is -0.468 e. The summed E-state index contributed by atoms with van der Waals surface area (Å²) in [5.74, 6) is -0.138. The Kier molecular flexibility index (Phi) is 7.31. The van der Waals surface area contributed by atoms with Crippen LogP contribution in [0.4, 0.5) is 4.79 Å². The smallest absolute Gasteiger partial charge is 0.323 e. The molecule has 0 rings (SSSR count). The van der Waals surface area contributed by atoms with Crippen molar-refractivity contribution >= 4 is 29.7 Å². The van der Waals surface area contributed by atoms with Gasteiger partial charge in [0, 0.05) is 17.9 Å². The van der Waals surface area contributed by atoms with Crippen LogP contribution in [-0.4, -0.2) is 42.6 Å². The molecule has 0 spiro atoms. The van der Waals surface area contributed by atoms with Gasteiger partial charge in [-0.15, -0.1) is 0 Å². The van der Waals surface area contributed by atoms with E-state index in [9.17, 15) is 14.4 Å². The first kappa shape index (κ1) is 14.7. The molecule has 92 valence electrons. The van der Waals surface area contributed by atoms with Crippen LogP contribution in [0.1, 0.15) is 6.42 Å². The Bertz CT molecular complexity index is 272. The van der Waals surface area contributed by atoms with Crippen LogP contribution in [0.3, 0.4) is 0 Å². The molecular weight excluding hydrogens is 234 g/mol. The lowest BCUT2D eigenvalue weighted by Gasteiger charge is -2.08. The predicted molar refractivity (Wildman–Crippen MR) is 59.7 cm³/mol. The number of carbonyl (C=O) groups excluding carboxylic acids is 3. The lowest BCUT2D eigenvalue weighted by atomic mass is 10.4. The van der Waals surface area contributed by atoms with E-state index in [0.29, 0.717) is 11.5 Å². The third-order valence-corrected chi connectivity index (χ3v) is 2.63. The van der Waals surface area contributed by atoms with E-state index in [1.54, 1.807) is 0 Å². The Hall–Kier alpha value is -1.28. The third-order valence-electron chi connectivity index (χ3n) is 1.54. The quantitative estimate of drug-likeness (QED) is 0.401. The summed E-state index contributed by atoms with van der Waals surface area (Å²) < 4.78 is 4.43. The van der Waals surface area contributed by atoms with E-state index < -0.39 is 23.9 Å². The highest BCUT2D eigenvalue weighted by molar-refractivity contribution is 7.99. The molecule has 0 aliphatic carbocycles. The summed E-state index contributed by atoms with van der Waals surface area (Å²) in [5.41, 5.74) is 10.2. The number of carbonyl (C=O) groups is 3. The maximum absolute atomic E-state index is 10.9. The number of esters is 1. The molecule has 0 radical (unpaired) electrons. The van der Waals surface area contributed by atoms with Gasteiger partial charge in [-0.2, -0.15) is 11.8 Å². The van der Waals surface area contributed by atoms with Gasteiger partial charge in [-0.3, -0.25) is 14.9 Å². The Morgan fingerprint density at radius 3 is 2.56 bits per heavy atom. The summed E-state index contributed by atoms with van der Waals surface area (Å²) >= 11 is 1.32. The molecule has 0 aromatic heterocycles. The zero-order chi connectivity index (χ0) is 12.6. The van der Waals surface area contributed by atoms with Crippen LogP contribution >= 0.6 is 11.8 Å². The van der Waals surface area contributed by atoms with E-state index in [-0.39, 0.29) is 6.42 Å². The highest BCUT2D eigenvalue weighted by atomic mass is 32.2. The number of methoxy groups -OCH3 is 1. The summed E-state index contributed by atoms with van der Waals surface area (Å²) in [7, 11) is 1.26. The number of nitrogens with one attached hydrogen (secondary N) is 1. The molecule has 1 unspecified atom stereocenters. The number of thioether (sulfide) groups is 1. The van der Waals surface area contributed by atoms with Gasteiger partial charge >= 0.3 is 12.0 Å². The first-order valence-electron chi connectivity index (χ1n) is 4.47. The van der Waals surface area contributed by atoms with Crippen molar-refractivity contribution in [2.75, 3.05) is 18.6 Å². The van der Waals surface area contributed by atoms with E-state index in [1.165, 1.54) is 18.9 Å². The lowest BCUT2D eigenvalue weighted by Crippen LogP contribution is -2.35. The van der Waals surface area contributed by atoms with E-state index in [0.717, 1.165) is 0 Å². The van der Waals surface area contributed by atoms with Gasteiger partial charge in [0.1, 0.15) is 6.04 Å². The molecule has 0 saturated carbocycles. The highest BCUT2D eigenvalue weighted by Gasteiger charge is 2.13. The van der Waals surface area contributed by atoms with Crippen LogP contribution in [-0.2, 0) is 14.3 Å². The zero-order valence-electron chi connectivity index (χ0n) is 8.89. The fraction of sp³-hybridized carbons (Fsp3) is 0.625. The number of imide groups is 1. The number of hydrogen-bond donors (Lipinski definition) is 3. The first-order chi connectivity index (χ1) is 7.47. The normalized spacial score (nSPS) is 11.6. The zero-order valence-corrected chi connectivity index (χ0v) is 9.71. The standard InChI is InChI=1S/C8H15N3O4S/c1-15-7(13)5(9)4-16-3-2-6(12)11-8(10)14/h5H,2-4,9H2,1H3,(H3,10,11,12,14). The molecule has 0 saturated heterocycles. The van der Waals surface area contributed by atoms with E-state index >= 15 is 0 Å². The summed E-state index contributed by atoms with van der Waals surface area (Å²) in [6, 6.07) is -1.57. The average molecular weight is 249 g/mol. The SMILES string of the molecule is COC(=O)C(N)CSCCC(=O)NC(N)=O. The van der Waals surface area contributed by atoms with Crippen LogP contribution in [0, 0.1) is 0 Å². The second-order valence-corrected chi connectivity index (χ2v) is 4.02. The average Bonchev–Trinajstić information content (AvgIpc) is 2.21. The molecule has 0 bridgehead atoms. The minimum atomic E-state index is -0.874. The number of rotatable bonds is 6. The Balaban J connectivity index is 3.56. The second-order valence-electron chi connectivity index (χ2n) is 2.87. The molecule has 0 aliphatic rings. The fourth-order valence-electron chi connectivity index (χ4n) is 0.794. The number of urea groups is 1. The fourth-order valence-corrected chi connectivity index (χ4v) is 1.68. The molecular formula is C8H15N3O4S. The number of ether oxygens (including phenoxy) is 1. The molecule has 7 nitrogen and oxygen atoms in total. The van der Waals surface area contributed by atoms with Crippen molar-refractivity contribution in [2.45, 2.75) is 12.5 Å². The topological polar surface area (TPSA) is 125 Å². The van der Waals surface area contributed by atoms with Crippen molar-refractivity contribution < 1.29 is 19.1 Å². The molecule has 0 aromatic carbocycles. The van der Waals surface area contributed by atoms with Crippen molar-refractivity contribution in [3.63, 3.8) is 0 Å². The number of amides is 3. The highest BCUT2D eigenvalue weighted by Crippen LogP contribution is 2.04.